The van der Waals surface area contributed by atoms with Crippen LogP contribution in [-0.2, 0) is 4.79 Å². The number of rotatable bonds is 6. The molecule has 0 radical (unpaired) electrons. The Morgan fingerprint density at radius 3 is 2.58 bits per heavy atom. The van der Waals surface area contributed by atoms with Gasteiger partial charge in [-0.3, -0.25) is 14.4 Å². The summed E-state index contributed by atoms with van der Waals surface area (Å²) in [7, 11) is 3.32. The van der Waals surface area contributed by atoms with Crippen molar-refractivity contribution in [2.24, 2.45) is 0 Å². The molecule has 2 amide bonds. The van der Waals surface area contributed by atoms with E-state index in [1.165, 1.54) is 4.90 Å². The molecule has 124 valence electrons. The van der Waals surface area contributed by atoms with E-state index in [0.29, 0.717) is 28.8 Å². The van der Waals surface area contributed by atoms with Crippen LogP contribution in [0.3, 0.4) is 0 Å². The number of aldehydes is 1. The quantitative estimate of drug-likeness (QED) is 0.826. The summed E-state index contributed by atoms with van der Waals surface area (Å²) in [6, 6.07) is 13.3. The van der Waals surface area contributed by atoms with Crippen LogP contribution in [0.15, 0.2) is 48.5 Å². The van der Waals surface area contributed by atoms with Gasteiger partial charge < -0.3 is 15.0 Å². The first-order chi connectivity index (χ1) is 11.5. The van der Waals surface area contributed by atoms with Crippen molar-refractivity contribution in [2.45, 2.75) is 0 Å². The van der Waals surface area contributed by atoms with E-state index in [4.69, 9.17) is 4.74 Å². The van der Waals surface area contributed by atoms with Crippen LogP contribution in [0.2, 0.25) is 0 Å². The van der Waals surface area contributed by atoms with Gasteiger partial charge in [-0.2, -0.15) is 0 Å². The summed E-state index contributed by atoms with van der Waals surface area (Å²) in [5.41, 5.74) is 1.36. The van der Waals surface area contributed by atoms with Crippen LogP contribution in [0.5, 0.6) is 5.75 Å². The van der Waals surface area contributed by atoms with Crippen LogP contribution >= 0.6 is 0 Å². The van der Waals surface area contributed by atoms with E-state index >= 15 is 0 Å². The summed E-state index contributed by atoms with van der Waals surface area (Å²) in [6.07, 6.45) is 0.670. The highest BCUT2D eigenvalue weighted by Crippen LogP contribution is 2.16. The minimum atomic E-state index is -0.384. The Bertz CT molecular complexity index is 756. The van der Waals surface area contributed by atoms with E-state index in [1.807, 2.05) is 0 Å². The molecule has 2 aromatic carbocycles. The van der Waals surface area contributed by atoms with Crippen LogP contribution in [0.1, 0.15) is 20.7 Å². The lowest BCUT2D eigenvalue weighted by Gasteiger charge is -2.12. The third-order valence-electron chi connectivity index (χ3n) is 3.20. The molecule has 0 aliphatic heterocycles. The van der Waals surface area contributed by atoms with Crippen molar-refractivity contribution in [3.05, 3.63) is 59.7 Å². The number of benzene rings is 2. The first-order valence-electron chi connectivity index (χ1n) is 7.30. The normalized spacial score (nSPS) is 9.92. The van der Waals surface area contributed by atoms with Crippen LogP contribution in [-0.4, -0.2) is 43.7 Å². The molecule has 0 fully saturated rings. The van der Waals surface area contributed by atoms with Crippen LogP contribution in [0.25, 0.3) is 0 Å². The van der Waals surface area contributed by atoms with E-state index in [1.54, 1.807) is 62.6 Å². The lowest BCUT2D eigenvalue weighted by molar-refractivity contribution is -0.118. The molecule has 0 saturated carbocycles. The SMILES string of the molecule is CN(C)C(=O)c1cccc(NC(=O)COc2ccccc2C=O)c1. The minimum absolute atomic E-state index is 0.151. The van der Waals surface area contributed by atoms with E-state index in [9.17, 15) is 14.4 Å². The molecular formula is C18H18N2O4. The zero-order chi connectivity index (χ0) is 17.5. The second-order valence-electron chi connectivity index (χ2n) is 5.27. The predicted molar refractivity (Wildman–Crippen MR) is 90.4 cm³/mol. The summed E-state index contributed by atoms with van der Waals surface area (Å²) >= 11 is 0. The number of carbonyl (C=O) groups excluding carboxylic acids is 3. The van der Waals surface area contributed by atoms with Gasteiger partial charge in [0.15, 0.2) is 12.9 Å². The van der Waals surface area contributed by atoms with E-state index < -0.39 is 0 Å². The number of carbonyl (C=O) groups is 3. The van der Waals surface area contributed by atoms with Gasteiger partial charge >= 0.3 is 0 Å². The monoisotopic (exact) mass is 326 g/mol. The highest BCUT2D eigenvalue weighted by molar-refractivity contribution is 5.97. The molecule has 6 nitrogen and oxygen atoms in total. The predicted octanol–water partition coefficient (Wildman–Crippen LogP) is 2.22. The van der Waals surface area contributed by atoms with Crippen LogP contribution in [0, 0.1) is 0 Å². The number of nitrogens with one attached hydrogen (secondary N) is 1. The van der Waals surface area contributed by atoms with Gasteiger partial charge in [0.2, 0.25) is 0 Å². The van der Waals surface area contributed by atoms with Crippen LogP contribution < -0.4 is 10.1 Å². The first-order valence-corrected chi connectivity index (χ1v) is 7.30. The third-order valence-corrected chi connectivity index (χ3v) is 3.20. The van der Waals surface area contributed by atoms with Gasteiger partial charge in [-0.25, -0.2) is 0 Å². The van der Waals surface area contributed by atoms with Gasteiger partial charge in [-0.1, -0.05) is 18.2 Å². The first kappa shape index (κ1) is 17.2. The molecule has 0 spiro atoms. The van der Waals surface area contributed by atoms with E-state index in [0.717, 1.165) is 0 Å². The summed E-state index contributed by atoms with van der Waals surface area (Å²) in [5.74, 6) is -0.188. The molecular weight excluding hydrogens is 308 g/mol. The molecule has 0 aromatic heterocycles. The Balaban J connectivity index is 1.99. The molecule has 24 heavy (non-hydrogen) atoms. The van der Waals surface area contributed by atoms with E-state index in [-0.39, 0.29) is 18.4 Å². The van der Waals surface area contributed by atoms with Gasteiger partial charge in [-0.05, 0) is 30.3 Å². The van der Waals surface area contributed by atoms with Crippen molar-refractivity contribution in [3.63, 3.8) is 0 Å². The lowest BCUT2D eigenvalue weighted by Crippen LogP contribution is -2.23. The summed E-state index contributed by atoms with van der Waals surface area (Å²) in [6.45, 7) is -0.239. The Hall–Kier alpha value is -3.15. The average Bonchev–Trinajstić information content (AvgIpc) is 2.59. The molecule has 0 aliphatic rings. The Morgan fingerprint density at radius 1 is 1.12 bits per heavy atom. The van der Waals surface area contributed by atoms with Gasteiger partial charge in [-0.15, -0.1) is 0 Å². The molecule has 0 atom stereocenters. The van der Waals surface area contributed by atoms with Gasteiger partial charge in [0, 0.05) is 25.3 Å². The standard InChI is InChI=1S/C18H18N2O4/c1-20(2)18(23)13-7-5-8-15(10-13)19-17(22)12-24-16-9-4-3-6-14(16)11-21/h3-11H,12H2,1-2H3,(H,19,22). The number of para-hydroxylation sites is 1. The average molecular weight is 326 g/mol. The number of amides is 2. The Kier molecular flexibility index (Phi) is 5.68. The molecule has 0 bridgehead atoms. The smallest absolute Gasteiger partial charge is 0.262 e. The highest BCUT2D eigenvalue weighted by atomic mass is 16.5. The fourth-order valence-electron chi connectivity index (χ4n) is 2.04. The molecule has 0 aliphatic carbocycles. The maximum atomic E-state index is 12.0. The van der Waals surface area contributed by atoms with E-state index in [2.05, 4.69) is 5.32 Å². The van der Waals surface area contributed by atoms with Crippen molar-refractivity contribution >= 4 is 23.8 Å². The van der Waals surface area contributed by atoms with Crippen molar-refractivity contribution in [1.82, 2.24) is 4.90 Å². The Morgan fingerprint density at radius 2 is 1.88 bits per heavy atom. The molecule has 0 saturated heterocycles. The number of ether oxygens (including phenoxy) is 1. The summed E-state index contributed by atoms with van der Waals surface area (Å²) < 4.78 is 5.36. The number of hydrogen-bond acceptors (Lipinski definition) is 4. The number of nitrogens with zero attached hydrogens (tertiary/aromatic N) is 1. The molecule has 2 aromatic rings. The molecule has 0 unspecified atom stereocenters. The van der Waals surface area contributed by atoms with Crippen molar-refractivity contribution in [3.8, 4) is 5.75 Å². The number of anilines is 1. The van der Waals surface area contributed by atoms with Crippen molar-refractivity contribution in [2.75, 3.05) is 26.0 Å². The molecule has 6 heteroatoms. The van der Waals surface area contributed by atoms with Crippen LogP contribution in [0.4, 0.5) is 5.69 Å². The fourth-order valence-corrected chi connectivity index (χ4v) is 2.04. The molecule has 1 N–H and O–H groups in total. The van der Waals surface area contributed by atoms with Crippen molar-refractivity contribution in [1.29, 1.82) is 0 Å². The third kappa shape index (κ3) is 4.42. The highest BCUT2D eigenvalue weighted by Gasteiger charge is 2.10. The molecule has 2 rings (SSSR count). The van der Waals surface area contributed by atoms with Crippen molar-refractivity contribution < 1.29 is 19.1 Å². The van der Waals surface area contributed by atoms with Gasteiger partial charge in [0.05, 0.1) is 5.56 Å². The zero-order valence-electron chi connectivity index (χ0n) is 13.5. The minimum Gasteiger partial charge on any atom is -0.483 e. The summed E-state index contributed by atoms with van der Waals surface area (Å²) in [5, 5.41) is 2.66. The second kappa shape index (κ2) is 7.92. The maximum absolute atomic E-state index is 12.0. The van der Waals surface area contributed by atoms with Gasteiger partial charge in [0.1, 0.15) is 5.75 Å². The zero-order valence-corrected chi connectivity index (χ0v) is 13.5. The topological polar surface area (TPSA) is 75.7 Å². The maximum Gasteiger partial charge on any atom is 0.262 e. The molecule has 0 heterocycles. The Labute approximate surface area is 140 Å². The fraction of sp³-hybridized carbons (Fsp3) is 0.167. The number of hydrogen-bond donors (Lipinski definition) is 1. The van der Waals surface area contributed by atoms with Gasteiger partial charge in [0.25, 0.3) is 11.8 Å². The second-order valence-corrected chi connectivity index (χ2v) is 5.27. The lowest BCUT2D eigenvalue weighted by atomic mass is 10.2. The largest absolute Gasteiger partial charge is 0.483 e. The summed E-state index contributed by atoms with van der Waals surface area (Å²) in [4.78, 5) is 36.3.